The van der Waals surface area contributed by atoms with E-state index in [0.717, 1.165) is 18.8 Å². The highest BCUT2D eigenvalue weighted by molar-refractivity contribution is 8.00. The number of aromatic hydroxyl groups is 1. The van der Waals surface area contributed by atoms with Crippen LogP contribution in [0.25, 0.3) is 0 Å². The van der Waals surface area contributed by atoms with E-state index in [1.54, 1.807) is 17.8 Å². The van der Waals surface area contributed by atoms with E-state index in [4.69, 9.17) is 0 Å². The predicted molar refractivity (Wildman–Crippen MR) is 106 cm³/mol. The van der Waals surface area contributed by atoms with Crippen molar-refractivity contribution in [1.82, 2.24) is 4.90 Å². The van der Waals surface area contributed by atoms with Crippen molar-refractivity contribution >= 4 is 23.4 Å². The van der Waals surface area contributed by atoms with E-state index in [2.05, 4.69) is 23.1 Å². The van der Waals surface area contributed by atoms with E-state index in [9.17, 15) is 9.90 Å². The number of phenols is 1. The Bertz CT molecular complexity index is 800. The number of fused-ring (bicyclic) bond motifs is 1. The van der Waals surface area contributed by atoms with Crippen LogP contribution in [0.3, 0.4) is 0 Å². The quantitative estimate of drug-likeness (QED) is 0.841. The molecule has 2 aromatic carbocycles. The number of hydrogen-bond acceptors (Lipinski definition) is 4. The summed E-state index contributed by atoms with van der Waals surface area (Å²) < 4.78 is 0. The highest BCUT2D eigenvalue weighted by Crippen LogP contribution is 2.29. The Morgan fingerprint density at radius 3 is 2.58 bits per heavy atom. The summed E-state index contributed by atoms with van der Waals surface area (Å²) in [5.74, 6) is 1.00. The van der Waals surface area contributed by atoms with E-state index < -0.39 is 0 Å². The fourth-order valence-electron chi connectivity index (χ4n) is 3.80. The first-order valence-corrected chi connectivity index (χ1v) is 10.2. The van der Waals surface area contributed by atoms with Gasteiger partial charge in [0.05, 0.1) is 11.4 Å². The molecule has 0 unspecified atom stereocenters. The lowest BCUT2D eigenvalue weighted by molar-refractivity contribution is -0.128. The van der Waals surface area contributed by atoms with Crippen LogP contribution in [0.5, 0.6) is 5.75 Å². The maximum absolute atomic E-state index is 12.6. The topological polar surface area (TPSA) is 43.8 Å². The molecule has 4 nitrogen and oxygen atoms in total. The Balaban J connectivity index is 1.29. The van der Waals surface area contributed by atoms with Gasteiger partial charge in [-0.2, -0.15) is 0 Å². The third-order valence-electron chi connectivity index (χ3n) is 5.29. The van der Waals surface area contributed by atoms with Crippen LogP contribution in [0.1, 0.15) is 17.5 Å². The number of para-hydroxylation sites is 2. The van der Waals surface area contributed by atoms with Crippen LogP contribution in [0, 0.1) is 0 Å². The molecule has 1 fully saturated rings. The number of hydrogen-bond donors (Lipinski definition) is 1. The van der Waals surface area contributed by atoms with E-state index in [-0.39, 0.29) is 5.91 Å². The first-order valence-electron chi connectivity index (χ1n) is 9.26. The summed E-state index contributed by atoms with van der Waals surface area (Å²) in [5, 5.41) is 9.99. The Labute approximate surface area is 158 Å². The third-order valence-corrected chi connectivity index (χ3v) is 6.27. The van der Waals surface area contributed by atoms with Crippen molar-refractivity contribution in [3.8, 4) is 5.75 Å². The van der Waals surface area contributed by atoms with Crippen molar-refractivity contribution in [3.05, 3.63) is 53.6 Å². The molecule has 5 heteroatoms. The Morgan fingerprint density at radius 2 is 1.77 bits per heavy atom. The minimum absolute atomic E-state index is 0.201. The Hall–Kier alpha value is -2.14. The van der Waals surface area contributed by atoms with Crippen LogP contribution in [0.2, 0.25) is 0 Å². The van der Waals surface area contributed by atoms with Crippen molar-refractivity contribution < 1.29 is 9.90 Å². The van der Waals surface area contributed by atoms with Crippen molar-refractivity contribution in [2.75, 3.05) is 36.8 Å². The summed E-state index contributed by atoms with van der Waals surface area (Å²) in [6.45, 7) is 2.93. The van der Waals surface area contributed by atoms with E-state index in [1.807, 2.05) is 23.1 Å². The van der Waals surface area contributed by atoms with Gasteiger partial charge in [0.1, 0.15) is 5.75 Å². The van der Waals surface area contributed by atoms with Gasteiger partial charge >= 0.3 is 0 Å². The molecule has 0 atom stereocenters. The molecule has 0 saturated carbocycles. The largest absolute Gasteiger partial charge is 0.506 e. The fraction of sp³-hybridized carbons (Fsp3) is 0.381. The molecule has 2 aliphatic rings. The molecule has 1 amide bonds. The van der Waals surface area contributed by atoms with Gasteiger partial charge in [-0.3, -0.25) is 4.79 Å². The molecule has 1 aliphatic heterocycles. The highest BCUT2D eigenvalue weighted by Gasteiger charge is 2.22. The SMILES string of the molecule is O=C(CSc1ccc2c(c1)CCC2)N1CCN(c2ccccc2O)CC1. The lowest BCUT2D eigenvalue weighted by atomic mass is 10.1. The highest BCUT2D eigenvalue weighted by atomic mass is 32.2. The molecule has 1 saturated heterocycles. The van der Waals surface area contributed by atoms with Gasteiger partial charge < -0.3 is 14.9 Å². The van der Waals surface area contributed by atoms with Crippen molar-refractivity contribution in [3.63, 3.8) is 0 Å². The van der Waals surface area contributed by atoms with Crippen molar-refractivity contribution in [2.24, 2.45) is 0 Å². The summed E-state index contributed by atoms with van der Waals surface area (Å²) in [7, 11) is 0. The molecular weight excluding hydrogens is 344 g/mol. The summed E-state index contributed by atoms with van der Waals surface area (Å²) in [6, 6.07) is 14.0. The summed E-state index contributed by atoms with van der Waals surface area (Å²) in [6.07, 6.45) is 3.62. The number of thioether (sulfide) groups is 1. The third kappa shape index (κ3) is 3.68. The number of nitrogens with zero attached hydrogens (tertiary/aromatic N) is 2. The monoisotopic (exact) mass is 368 g/mol. The second-order valence-electron chi connectivity index (χ2n) is 6.93. The maximum Gasteiger partial charge on any atom is 0.233 e. The van der Waals surface area contributed by atoms with Crippen molar-refractivity contribution in [1.29, 1.82) is 0 Å². The standard InChI is InChI=1S/C21H24N2O2S/c24-20-7-2-1-6-19(20)22-10-12-23(13-11-22)21(25)15-26-18-9-8-16-4-3-5-17(16)14-18/h1-2,6-9,14,24H,3-5,10-13,15H2. The molecule has 0 bridgehead atoms. The van der Waals surface area contributed by atoms with Gasteiger partial charge in [0, 0.05) is 31.1 Å². The van der Waals surface area contributed by atoms with E-state index in [0.29, 0.717) is 24.6 Å². The number of anilines is 1. The lowest BCUT2D eigenvalue weighted by Gasteiger charge is -2.36. The fourth-order valence-corrected chi connectivity index (χ4v) is 4.67. The minimum atomic E-state index is 0.201. The number of phenolic OH excluding ortho intramolecular Hbond substituents is 1. The molecule has 4 rings (SSSR count). The van der Waals surface area contributed by atoms with Gasteiger partial charge in [-0.1, -0.05) is 18.2 Å². The van der Waals surface area contributed by atoms with Gasteiger partial charge in [-0.05, 0) is 54.7 Å². The number of piperazine rings is 1. The molecule has 0 radical (unpaired) electrons. The van der Waals surface area contributed by atoms with E-state index in [1.165, 1.54) is 35.3 Å². The molecule has 136 valence electrons. The molecule has 1 heterocycles. The Kier molecular flexibility index (Phi) is 5.07. The summed E-state index contributed by atoms with van der Waals surface area (Å²) in [5.41, 5.74) is 3.78. The van der Waals surface area contributed by atoms with Gasteiger partial charge in [0.15, 0.2) is 0 Å². The zero-order valence-electron chi connectivity index (χ0n) is 14.9. The van der Waals surface area contributed by atoms with Gasteiger partial charge in [0.25, 0.3) is 0 Å². The summed E-state index contributed by atoms with van der Waals surface area (Å²) >= 11 is 1.64. The number of carbonyl (C=O) groups is 1. The number of amides is 1. The average Bonchev–Trinajstić information content (AvgIpc) is 3.14. The number of rotatable bonds is 4. The molecule has 0 spiro atoms. The zero-order valence-corrected chi connectivity index (χ0v) is 15.7. The van der Waals surface area contributed by atoms with Gasteiger partial charge in [-0.15, -0.1) is 11.8 Å². The number of benzene rings is 2. The molecular formula is C21H24N2O2S. The minimum Gasteiger partial charge on any atom is -0.506 e. The first kappa shape index (κ1) is 17.3. The van der Waals surface area contributed by atoms with Gasteiger partial charge in [0.2, 0.25) is 5.91 Å². The second kappa shape index (κ2) is 7.62. The normalized spacial score (nSPS) is 16.6. The molecule has 1 N–H and O–H groups in total. The van der Waals surface area contributed by atoms with Crippen LogP contribution in [-0.4, -0.2) is 47.8 Å². The lowest BCUT2D eigenvalue weighted by Crippen LogP contribution is -2.49. The molecule has 2 aromatic rings. The number of aryl methyl sites for hydroxylation is 2. The first-order chi connectivity index (χ1) is 12.7. The van der Waals surface area contributed by atoms with Crippen molar-refractivity contribution in [2.45, 2.75) is 24.2 Å². The van der Waals surface area contributed by atoms with Gasteiger partial charge in [-0.25, -0.2) is 0 Å². The molecule has 0 aromatic heterocycles. The Morgan fingerprint density at radius 1 is 1.00 bits per heavy atom. The molecule has 1 aliphatic carbocycles. The maximum atomic E-state index is 12.6. The smallest absolute Gasteiger partial charge is 0.233 e. The van der Waals surface area contributed by atoms with Crippen LogP contribution >= 0.6 is 11.8 Å². The molecule has 26 heavy (non-hydrogen) atoms. The number of carbonyl (C=O) groups excluding carboxylic acids is 1. The van der Waals surface area contributed by atoms with Crippen LogP contribution in [-0.2, 0) is 17.6 Å². The average molecular weight is 369 g/mol. The van der Waals surface area contributed by atoms with Crippen LogP contribution in [0.15, 0.2) is 47.4 Å². The summed E-state index contributed by atoms with van der Waals surface area (Å²) in [4.78, 5) is 17.8. The van der Waals surface area contributed by atoms with Crippen LogP contribution in [0.4, 0.5) is 5.69 Å². The zero-order chi connectivity index (χ0) is 17.9. The predicted octanol–water partition coefficient (Wildman–Crippen LogP) is 3.32. The van der Waals surface area contributed by atoms with E-state index >= 15 is 0 Å². The second-order valence-corrected chi connectivity index (χ2v) is 7.98. The van der Waals surface area contributed by atoms with Crippen LogP contribution < -0.4 is 4.90 Å².